The number of amides is 2. The van der Waals surface area contributed by atoms with Crippen molar-refractivity contribution in [1.29, 1.82) is 0 Å². The van der Waals surface area contributed by atoms with Crippen molar-refractivity contribution in [3.63, 3.8) is 0 Å². The molecule has 40 heavy (non-hydrogen) atoms. The Hall–Kier alpha value is -4.94. The van der Waals surface area contributed by atoms with E-state index < -0.39 is 11.9 Å². The van der Waals surface area contributed by atoms with Gasteiger partial charge in [0.1, 0.15) is 17.4 Å². The number of halogens is 1. The van der Waals surface area contributed by atoms with Crippen LogP contribution in [0.1, 0.15) is 11.1 Å². The number of nitrogen functional groups attached to an aromatic ring is 1. The summed E-state index contributed by atoms with van der Waals surface area (Å²) in [6.45, 7) is 0. The molecule has 5 aromatic rings. The van der Waals surface area contributed by atoms with Crippen molar-refractivity contribution < 1.29 is 9.59 Å². The van der Waals surface area contributed by atoms with Gasteiger partial charge in [-0.3, -0.25) is 9.59 Å². The van der Waals surface area contributed by atoms with Gasteiger partial charge in [0, 0.05) is 34.3 Å². The van der Waals surface area contributed by atoms with E-state index in [4.69, 9.17) is 17.3 Å². The van der Waals surface area contributed by atoms with Gasteiger partial charge in [-0.1, -0.05) is 53.3 Å². The summed E-state index contributed by atoms with van der Waals surface area (Å²) in [5, 5.41) is 26.3. The Bertz CT molecular complexity index is 1640. The third kappa shape index (κ3) is 6.73. The first-order valence-electron chi connectivity index (χ1n) is 12.0. The van der Waals surface area contributed by atoms with Crippen LogP contribution in [0.2, 0.25) is 5.02 Å². The molecule has 0 aliphatic rings. The van der Waals surface area contributed by atoms with Crippen molar-refractivity contribution in [1.82, 2.24) is 35.7 Å². The third-order valence-corrected chi connectivity index (χ3v) is 6.79. The molecular weight excluding hydrogens is 550 g/mol. The largest absolute Gasteiger partial charge is 0.374 e. The Labute approximate surface area is 237 Å². The van der Waals surface area contributed by atoms with Gasteiger partial charge in [-0.25, -0.2) is 0 Å². The van der Waals surface area contributed by atoms with Crippen LogP contribution in [0.15, 0.2) is 85.2 Å². The summed E-state index contributed by atoms with van der Waals surface area (Å²) in [7, 11) is 0. The molecule has 11 nitrogen and oxygen atoms in total. The highest BCUT2D eigenvalue weighted by atomic mass is 35.5. The molecule has 0 aliphatic carbocycles. The molecule has 5 rings (SSSR count). The average Bonchev–Trinajstić information content (AvgIpc) is 3.65. The van der Waals surface area contributed by atoms with Crippen molar-refractivity contribution in [3.05, 3.63) is 101 Å². The van der Waals surface area contributed by atoms with E-state index >= 15 is 0 Å². The van der Waals surface area contributed by atoms with Gasteiger partial charge in [-0.05, 0) is 64.5 Å². The molecule has 0 bridgehead atoms. The molecule has 0 fully saturated rings. The Morgan fingerprint density at radius 2 is 1.85 bits per heavy atom. The maximum absolute atomic E-state index is 13.3. The lowest BCUT2D eigenvalue weighted by molar-refractivity contribution is -0.123. The summed E-state index contributed by atoms with van der Waals surface area (Å²) in [5.41, 5.74) is 9.22. The zero-order valence-corrected chi connectivity index (χ0v) is 22.4. The summed E-state index contributed by atoms with van der Waals surface area (Å²) in [4.78, 5) is 26.3. The van der Waals surface area contributed by atoms with Crippen LogP contribution in [0, 0.1) is 0 Å². The average molecular weight is 572 g/mol. The molecule has 0 spiro atoms. The van der Waals surface area contributed by atoms with Crippen molar-refractivity contribution in [3.8, 4) is 16.3 Å². The van der Waals surface area contributed by atoms with Crippen molar-refractivity contribution >= 4 is 51.6 Å². The zero-order chi connectivity index (χ0) is 27.9. The van der Waals surface area contributed by atoms with Crippen LogP contribution in [0.25, 0.3) is 22.3 Å². The van der Waals surface area contributed by atoms with E-state index in [1.165, 1.54) is 28.4 Å². The first kappa shape index (κ1) is 26.7. The van der Waals surface area contributed by atoms with E-state index in [9.17, 15) is 9.59 Å². The minimum Gasteiger partial charge on any atom is -0.374 e. The van der Waals surface area contributed by atoms with Crippen LogP contribution >= 0.6 is 22.9 Å². The maximum atomic E-state index is 13.3. The maximum Gasteiger partial charge on any atom is 0.247 e. The zero-order valence-electron chi connectivity index (χ0n) is 20.8. The predicted molar refractivity (Wildman–Crippen MR) is 154 cm³/mol. The number of benzene rings is 3. The fraction of sp³-hybridized carbons (Fsp3) is 0.0741. The van der Waals surface area contributed by atoms with E-state index in [1.807, 2.05) is 42.5 Å². The van der Waals surface area contributed by atoms with Crippen molar-refractivity contribution in [2.75, 3.05) is 11.1 Å². The molecule has 0 aliphatic heterocycles. The topological polar surface area (TPSA) is 154 Å². The number of nitrogens with one attached hydrogen (secondary N) is 2. The van der Waals surface area contributed by atoms with Gasteiger partial charge < -0.3 is 16.4 Å². The lowest BCUT2D eigenvalue weighted by Gasteiger charge is -2.18. The number of anilines is 2. The minimum atomic E-state index is -0.847. The standard InChI is InChI=1S/C27H22ClN9O2S/c28-20-9-12-23(37-16-30-35-36-37)19(15-20)8-13-24(38)32-22(14-17-4-2-1-3-5-17)25(39)31-21-10-6-18(7-11-21)26-33-34-27(29)40-26/h1-13,15-16,22H,14H2,(H2,29,34)(H,31,39)(H,32,38)/b13-8+/t22-/m0/s1. The summed E-state index contributed by atoms with van der Waals surface area (Å²) in [6, 6.07) is 20.9. The lowest BCUT2D eigenvalue weighted by atomic mass is 10.0. The molecule has 4 N–H and O–H groups in total. The van der Waals surface area contributed by atoms with Gasteiger partial charge in [-0.2, -0.15) is 4.68 Å². The van der Waals surface area contributed by atoms with Crippen LogP contribution in [0.4, 0.5) is 10.8 Å². The molecule has 200 valence electrons. The van der Waals surface area contributed by atoms with Crippen molar-refractivity contribution in [2.45, 2.75) is 12.5 Å². The van der Waals surface area contributed by atoms with Crippen molar-refractivity contribution in [2.24, 2.45) is 0 Å². The smallest absolute Gasteiger partial charge is 0.247 e. The molecule has 13 heteroatoms. The van der Waals surface area contributed by atoms with Crippen LogP contribution in [-0.2, 0) is 16.0 Å². The first-order chi connectivity index (χ1) is 19.4. The van der Waals surface area contributed by atoms with E-state index in [1.54, 1.807) is 36.4 Å². The van der Waals surface area contributed by atoms with E-state index in [2.05, 4.69) is 36.4 Å². The summed E-state index contributed by atoms with van der Waals surface area (Å²) in [6.07, 6.45) is 4.67. The van der Waals surface area contributed by atoms with E-state index in [0.29, 0.717) is 38.5 Å². The molecular formula is C27H22ClN9O2S. The quantitative estimate of drug-likeness (QED) is 0.226. The number of tetrazole rings is 1. The molecule has 0 saturated heterocycles. The lowest BCUT2D eigenvalue weighted by Crippen LogP contribution is -2.44. The molecule has 0 saturated carbocycles. The molecule has 1 atom stereocenters. The Morgan fingerprint density at radius 3 is 2.55 bits per heavy atom. The van der Waals surface area contributed by atoms with Gasteiger partial charge in [-0.15, -0.1) is 15.3 Å². The number of aromatic nitrogens is 6. The molecule has 2 aromatic heterocycles. The van der Waals surface area contributed by atoms with E-state index in [-0.39, 0.29) is 5.91 Å². The highest BCUT2D eigenvalue weighted by molar-refractivity contribution is 7.18. The fourth-order valence-corrected chi connectivity index (χ4v) is 4.66. The van der Waals surface area contributed by atoms with E-state index in [0.717, 1.165) is 11.1 Å². The van der Waals surface area contributed by atoms with Crippen LogP contribution < -0.4 is 16.4 Å². The van der Waals surface area contributed by atoms with Crippen LogP contribution in [0.5, 0.6) is 0 Å². The second kappa shape index (κ2) is 12.3. The van der Waals surface area contributed by atoms with Crippen LogP contribution in [0.3, 0.4) is 0 Å². The van der Waals surface area contributed by atoms with Gasteiger partial charge in [0.25, 0.3) is 0 Å². The second-order valence-corrected chi connectivity index (χ2v) is 10.00. The second-order valence-electron chi connectivity index (χ2n) is 8.55. The fourth-order valence-electron chi connectivity index (χ4n) is 3.86. The Morgan fingerprint density at radius 1 is 1.05 bits per heavy atom. The summed E-state index contributed by atoms with van der Waals surface area (Å²) in [5.74, 6) is -0.821. The highest BCUT2D eigenvalue weighted by Gasteiger charge is 2.21. The molecule has 3 aromatic carbocycles. The number of nitrogens with two attached hydrogens (primary N) is 1. The third-order valence-electron chi connectivity index (χ3n) is 5.76. The predicted octanol–water partition coefficient (Wildman–Crippen LogP) is 3.80. The Kier molecular flexibility index (Phi) is 8.18. The number of carbonyl (C=O) groups is 2. The number of carbonyl (C=O) groups excluding carboxylic acids is 2. The number of rotatable bonds is 9. The number of hydrogen-bond acceptors (Lipinski definition) is 9. The normalized spacial score (nSPS) is 11.8. The summed E-state index contributed by atoms with van der Waals surface area (Å²) >= 11 is 7.45. The molecule has 2 amide bonds. The highest BCUT2D eigenvalue weighted by Crippen LogP contribution is 2.26. The van der Waals surface area contributed by atoms with Crippen LogP contribution in [-0.4, -0.2) is 48.3 Å². The monoisotopic (exact) mass is 571 g/mol. The summed E-state index contributed by atoms with van der Waals surface area (Å²) < 4.78 is 1.46. The SMILES string of the molecule is Nc1nnc(-c2ccc(NC(=O)[C@H](Cc3ccccc3)NC(=O)/C=C/c3cc(Cl)ccc3-n3cnnn3)cc2)s1. The van der Waals surface area contributed by atoms with Gasteiger partial charge in [0.05, 0.1) is 5.69 Å². The first-order valence-corrected chi connectivity index (χ1v) is 13.2. The molecule has 2 heterocycles. The molecule has 0 radical (unpaired) electrons. The Balaban J connectivity index is 1.31. The van der Waals surface area contributed by atoms with Gasteiger partial charge >= 0.3 is 0 Å². The van der Waals surface area contributed by atoms with Gasteiger partial charge in [0.2, 0.25) is 16.9 Å². The molecule has 0 unspecified atom stereocenters. The van der Waals surface area contributed by atoms with Gasteiger partial charge in [0.15, 0.2) is 0 Å². The number of nitrogens with zero attached hydrogens (tertiary/aromatic N) is 6. The number of hydrogen-bond donors (Lipinski definition) is 3. The minimum absolute atomic E-state index is 0.293.